The zero-order valence-electron chi connectivity index (χ0n) is 15.7. The molecular weight excluding hydrogens is 332 g/mol. The van der Waals surface area contributed by atoms with Gasteiger partial charge in [-0.1, -0.05) is 24.3 Å². The second-order valence-corrected chi connectivity index (χ2v) is 6.99. The van der Waals surface area contributed by atoms with Crippen molar-refractivity contribution in [1.29, 1.82) is 10.5 Å². The Morgan fingerprint density at radius 3 is 2.48 bits per heavy atom. The molecule has 4 nitrogen and oxygen atoms in total. The molecule has 0 amide bonds. The number of hydrogen-bond donors (Lipinski definition) is 0. The van der Waals surface area contributed by atoms with Gasteiger partial charge in [-0.25, -0.2) is 0 Å². The number of aliphatic imine (C=N–C) groups is 1. The Hall–Kier alpha value is -3.37. The third-order valence-corrected chi connectivity index (χ3v) is 5.56. The molecule has 0 aliphatic carbocycles. The summed E-state index contributed by atoms with van der Waals surface area (Å²) in [5, 5.41) is 21.8. The summed E-state index contributed by atoms with van der Waals surface area (Å²) >= 11 is 0. The van der Waals surface area contributed by atoms with Crippen LogP contribution in [0, 0.1) is 28.6 Å². The fourth-order valence-electron chi connectivity index (χ4n) is 4.31. The maximum absolute atomic E-state index is 9.75. The summed E-state index contributed by atoms with van der Waals surface area (Å²) in [5.74, 6) is -0.689. The minimum Gasteiger partial charge on any atom is -0.341 e. The molecule has 0 radical (unpaired) electrons. The molecule has 3 aromatic rings. The second-order valence-electron chi connectivity index (χ2n) is 6.99. The highest BCUT2D eigenvalue weighted by molar-refractivity contribution is 6.08. The predicted molar refractivity (Wildman–Crippen MR) is 108 cm³/mol. The van der Waals surface area contributed by atoms with Crippen LogP contribution in [0.4, 0.5) is 0 Å². The molecule has 132 valence electrons. The Bertz CT molecular complexity index is 1210. The lowest BCUT2D eigenvalue weighted by Crippen LogP contribution is -2.24. The third-order valence-electron chi connectivity index (χ3n) is 5.56. The van der Waals surface area contributed by atoms with Gasteiger partial charge in [0.15, 0.2) is 0 Å². The van der Waals surface area contributed by atoms with E-state index in [1.54, 1.807) is 0 Å². The van der Waals surface area contributed by atoms with Gasteiger partial charge in [0.05, 0.1) is 29.3 Å². The van der Waals surface area contributed by atoms with Crippen LogP contribution in [-0.4, -0.2) is 10.3 Å². The normalized spacial score (nSPS) is 19.8. The average molecular weight is 352 g/mol. The number of benzene rings is 2. The number of hydrogen-bond acceptors (Lipinski definition) is 3. The van der Waals surface area contributed by atoms with Crippen LogP contribution < -0.4 is 0 Å². The quantitative estimate of drug-likeness (QED) is 0.627. The SMILES string of the molecule is CCn1c2ccccc2c2cc([C@H]3C(C#N)=C(C)N=C(C)C3C#N)ccc21. The van der Waals surface area contributed by atoms with Crippen molar-refractivity contribution in [1.82, 2.24) is 4.57 Å². The van der Waals surface area contributed by atoms with Gasteiger partial charge in [0.1, 0.15) is 0 Å². The molecule has 0 fully saturated rings. The minimum absolute atomic E-state index is 0.273. The van der Waals surface area contributed by atoms with Crippen LogP contribution in [0.25, 0.3) is 21.8 Å². The van der Waals surface area contributed by atoms with Crippen molar-refractivity contribution in [3.05, 3.63) is 59.3 Å². The van der Waals surface area contributed by atoms with Crippen molar-refractivity contribution in [2.24, 2.45) is 10.9 Å². The molecule has 1 aromatic heterocycles. The van der Waals surface area contributed by atoms with Gasteiger partial charge in [-0.2, -0.15) is 10.5 Å². The lowest BCUT2D eigenvalue weighted by atomic mass is 9.76. The zero-order chi connectivity index (χ0) is 19.1. The number of para-hydroxylation sites is 1. The lowest BCUT2D eigenvalue weighted by Gasteiger charge is -2.26. The van der Waals surface area contributed by atoms with Gasteiger partial charge in [-0.15, -0.1) is 0 Å². The smallest absolute Gasteiger partial charge is 0.0973 e. The second kappa shape index (κ2) is 6.41. The van der Waals surface area contributed by atoms with Crippen molar-refractivity contribution in [3.8, 4) is 12.1 Å². The van der Waals surface area contributed by atoms with Gasteiger partial charge in [-0.3, -0.25) is 4.99 Å². The molecule has 0 N–H and O–H groups in total. The van der Waals surface area contributed by atoms with Gasteiger partial charge in [-0.05, 0) is 44.5 Å². The maximum atomic E-state index is 9.75. The van der Waals surface area contributed by atoms with Crippen LogP contribution in [0.5, 0.6) is 0 Å². The first kappa shape index (κ1) is 17.1. The van der Waals surface area contributed by atoms with Crippen molar-refractivity contribution in [2.75, 3.05) is 0 Å². The minimum atomic E-state index is -0.416. The standard InChI is InChI=1S/C23H20N4/c1-4-27-21-8-6-5-7-17(21)18-11-16(9-10-22(18)27)23-19(12-24)14(2)26-15(3)20(23)13-25/h5-11,19,23H,4H2,1-3H3/t19?,23-/m1/s1. The fourth-order valence-corrected chi connectivity index (χ4v) is 4.31. The first-order valence-electron chi connectivity index (χ1n) is 9.17. The van der Waals surface area contributed by atoms with E-state index in [1.807, 2.05) is 13.8 Å². The van der Waals surface area contributed by atoms with Crippen LogP contribution in [-0.2, 0) is 6.54 Å². The summed E-state index contributed by atoms with van der Waals surface area (Å²) in [5.41, 5.74) is 5.45. The number of nitriles is 2. The molecule has 0 saturated carbocycles. The van der Waals surface area contributed by atoms with E-state index in [-0.39, 0.29) is 5.92 Å². The number of aromatic nitrogens is 1. The first-order chi connectivity index (χ1) is 13.1. The molecule has 27 heavy (non-hydrogen) atoms. The molecule has 1 unspecified atom stereocenters. The number of aryl methyl sites for hydroxylation is 1. The van der Waals surface area contributed by atoms with Gasteiger partial charge >= 0.3 is 0 Å². The zero-order valence-corrected chi connectivity index (χ0v) is 15.7. The molecule has 1 aliphatic heterocycles. The Labute approximate surface area is 158 Å². The Balaban J connectivity index is 2.00. The lowest BCUT2D eigenvalue weighted by molar-refractivity contribution is 0.704. The van der Waals surface area contributed by atoms with Crippen molar-refractivity contribution in [2.45, 2.75) is 33.2 Å². The molecule has 2 heterocycles. The molecule has 2 atom stereocenters. The van der Waals surface area contributed by atoms with Crippen molar-refractivity contribution < 1.29 is 0 Å². The Morgan fingerprint density at radius 2 is 1.78 bits per heavy atom. The van der Waals surface area contributed by atoms with Crippen molar-refractivity contribution in [3.63, 3.8) is 0 Å². The predicted octanol–water partition coefficient (Wildman–Crippen LogP) is 5.31. The summed E-state index contributed by atoms with van der Waals surface area (Å²) in [4.78, 5) is 4.44. The van der Waals surface area contributed by atoms with E-state index in [0.29, 0.717) is 11.3 Å². The largest absolute Gasteiger partial charge is 0.341 e. The van der Waals surface area contributed by atoms with Gasteiger partial charge in [0.2, 0.25) is 0 Å². The number of fused-ring (bicyclic) bond motifs is 3. The monoisotopic (exact) mass is 352 g/mol. The Kier molecular flexibility index (Phi) is 4.05. The van der Waals surface area contributed by atoms with E-state index in [0.717, 1.165) is 23.2 Å². The molecule has 0 saturated heterocycles. The van der Waals surface area contributed by atoms with Gasteiger partial charge in [0, 0.05) is 40.0 Å². The summed E-state index contributed by atoms with van der Waals surface area (Å²) < 4.78 is 2.30. The molecule has 0 bridgehead atoms. The van der Waals surface area contributed by atoms with Crippen LogP contribution in [0.1, 0.15) is 32.3 Å². The summed E-state index contributed by atoms with van der Waals surface area (Å²) in [7, 11) is 0. The van der Waals surface area contributed by atoms with E-state index in [1.165, 1.54) is 16.4 Å². The highest BCUT2D eigenvalue weighted by Crippen LogP contribution is 2.40. The fraction of sp³-hybridized carbons (Fsp3) is 0.261. The van der Waals surface area contributed by atoms with Crippen LogP contribution in [0.2, 0.25) is 0 Å². The average Bonchev–Trinajstić information content (AvgIpc) is 3.00. The van der Waals surface area contributed by atoms with Gasteiger partial charge in [0.25, 0.3) is 0 Å². The topological polar surface area (TPSA) is 64.9 Å². The number of allylic oxidation sites excluding steroid dienone is 2. The molecule has 1 aliphatic rings. The Morgan fingerprint density at radius 1 is 1.04 bits per heavy atom. The molecule has 2 aromatic carbocycles. The van der Waals surface area contributed by atoms with E-state index >= 15 is 0 Å². The van der Waals surface area contributed by atoms with E-state index in [4.69, 9.17) is 0 Å². The van der Waals surface area contributed by atoms with Crippen LogP contribution in [0.15, 0.2) is 58.7 Å². The highest BCUT2D eigenvalue weighted by atomic mass is 15.0. The third kappa shape index (κ3) is 2.46. The van der Waals surface area contributed by atoms with E-state index in [2.05, 4.69) is 71.1 Å². The summed E-state index contributed by atoms with van der Waals surface area (Å²) in [6.07, 6.45) is 0. The summed E-state index contributed by atoms with van der Waals surface area (Å²) in [6, 6.07) is 19.4. The highest BCUT2D eigenvalue weighted by Gasteiger charge is 2.34. The molecular formula is C23H20N4. The number of rotatable bonds is 2. The first-order valence-corrected chi connectivity index (χ1v) is 9.17. The van der Waals surface area contributed by atoms with Crippen LogP contribution in [0.3, 0.4) is 0 Å². The molecule has 4 heteroatoms. The van der Waals surface area contributed by atoms with Crippen molar-refractivity contribution >= 4 is 27.5 Å². The summed E-state index contributed by atoms with van der Waals surface area (Å²) in [6.45, 7) is 6.76. The van der Waals surface area contributed by atoms with E-state index < -0.39 is 5.92 Å². The maximum Gasteiger partial charge on any atom is 0.0973 e. The number of nitrogens with zero attached hydrogens (tertiary/aromatic N) is 4. The van der Waals surface area contributed by atoms with Gasteiger partial charge < -0.3 is 4.57 Å². The molecule has 0 spiro atoms. The van der Waals surface area contributed by atoms with Crippen LogP contribution >= 0.6 is 0 Å². The van der Waals surface area contributed by atoms with E-state index in [9.17, 15) is 10.5 Å². The molecule has 4 rings (SSSR count).